The molecule has 0 saturated carbocycles. The van der Waals surface area contributed by atoms with Crippen molar-refractivity contribution in [3.63, 3.8) is 0 Å². The van der Waals surface area contributed by atoms with E-state index in [1.165, 1.54) is 109 Å². The Labute approximate surface area is 239 Å². The van der Waals surface area contributed by atoms with Crippen LogP contribution in [0, 0.1) is 0 Å². The molecule has 0 bridgehead atoms. The molecule has 0 saturated heterocycles. The van der Waals surface area contributed by atoms with Crippen molar-refractivity contribution in [2.24, 2.45) is 0 Å². The summed E-state index contributed by atoms with van der Waals surface area (Å²) in [5, 5.41) is 0. The Morgan fingerprint density at radius 3 is 1.38 bits per heavy atom. The first-order valence-corrected chi connectivity index (χ1v) is 16.0. The van der Waals surface area contributed by atoms with E-state index in [4.69, 9.17) is 4.74 Å². The van der Waals surface area contributed by atoms with Crippen molar-refractivity contribution >= 4 is 11.8 Å². The van der Waals surface area contributed by atoms with Crippen LogP contribution in [0.2, 0.25) is 0 Å². The maximum Gasteiger partial charge on any atom is 0.306 e. The van der Waals surface area contributed by atoms with E-state index in [1.807, 2.05) is 42.5 Å². The third-order valence-electron chi connectivity index (χ3n) is 7.66. The minimum atomic E-state index is -0.267. The van der Waals surface area contributed by atoms with Crippen LogP contribution in [0.3, 0.4) is 0 Å². The van der Waals surface area contributed by atoms with Gasteiger partial charge < -0.3 is 4.74 Å². The van der Waals surface area contributed by atoms with Crippen LogP contribution in [-0.2, 0) is 9.53 Å². The highest BCUT2D eigenvalue weighted by molar-refractivity contribution is 5.98. The van der Waals surface area contributed by atoms with Crippen LogP contribution in [0.1, 0.15) is 146 Å². The van der Waals surface area contributed by atoms with Gasteiger partial charge in [0.1, 0.15) is 0 Å². The summed E-state index contributed by atoms with van der Waals surface area (Å²) < 4.78 is 5.22. The van der Waals surface area contributed by atoms with Gasteiger partial charge in [0.15, 0.2) is 12.4 Å². The fraction of sp³-hybridized carbons (Fsp3) is 0.611. The summed E-state index contributed by atoms with van der Waals surface area (Å²) >= 11 is 0. The minimum Gasteiger partial charge on any atom is -0.457 e. The zero-order chi connectivity index (χ0) is 27.8. The average Bonchev–Trinajstić information content (AvgIpc) is 2.97. The summed E-state index contributed by atoms with van der Waals surface area (Å²) in [6, 6.07) is 17.5. The van der Waals surface area contributed by atoms with Crippen LogP contribution in [-0.4, -0.2) is 18.4 Å². The van der Waals surface area contributed by atoms with Crippen molar-refractivity contribution in [3.8, 4) is 11.1 Å². The van der Waals surface area contributed by atoms with Crippen molar-refractivity contribution < 1.29 is 14.3 Å². The predicted octanol–water partition coefficient (Wildman–Crippen LogP) is 10.9. The number of unbranched alkanes of at least 4 members (excludes halogenated alkanes) is 18. The van der Waals surface area contributed by atoms with E-state index >= 15 is 0 Å². The maximum atomic E-state index is 12.4. The van der Waals surface area contributed by atoms with Crippen LogP contribution in [0.25, 0.3) is 11.1 Å². The number of carbonyl (C=O) groups excluding carboxylic acids is 2. The molecule has 0 spiro atoms. The van der Waals surface area contributed by atoms with Gasteiger partial charge >= 0.3 is 5.97 Å². The van der Waals surface area contributed by atoms with Gasteiger partial charge in [0.25, 0.3) is 0 Å². The topological polar surface area (TPSA) is 43.4 Å². The number of ketones is 1. The number of ether oxygens (including phenoxy) is 1. The quantitative estimate of drug-likeness (QED) is 0.0764. The van der Waals surface area contributed by atoms with E-state index in [-0.39, 0.29) is 18.4 Å². The number of carbonyl (C=O) groups is 2. The van der Waals surface area contributed by atoms with E-state index in [1.54, 1.807) is 12.1 Å². The molecule has 0 unspecified atom stereocenters. The number of rotatable bonds is 24. The Bertz CT molecular complexity index is 872. The van der Waals surface area contributed by atoms with Crippen LogP contribution in [0.4, 0.5) is 0 Å². The highest BCUT2D eigenvalue weighted by atomic mass is 16.5. The van der Waals surface area contributed by atoms with Crippen molar-refractivity contribution in [3.05, 3.63) is 60.2 Å². The Morgan fingerprint density at radius 2 is 0.923 bits per heavy atom. The Hall–Kier alpha value is -2.42. The number of benzene rings is 2. The molecule has 3 heteroatoms. The molecule has 0 aromatic heterocycles. The van der Waals surface area contributed by atoms with Crippen LogP contribution < -0.4 is 0 Å². The zero-order valence-electron chi connectivity index (χ0n) is 24.8. The summed E-state index contributed by atoms with van der Waals surface area (Å²) in [4.78, 5) is 24.4. The number of Topliss-reactive ketones (excluding diaryl/α,β-unsaturated/α-hetero) is 1. The van der Waals surface area contributed by atoms with E-state index < -0.39 is 0 Å². The van der Waals surface area contributed by atoms with Gasteiger partial charge in [0.05, 0.1) is 0 Å². The normalized spacial score (nSPS) is 11.0. The number of esters is 1. The van der Waals surface area contributed by atoms with Gasteiger partial charge in [-0.3, -0.25) is 9.59 Å². The molecule has 0 N–H and O–H groups in total. The SMILES string of the molecule is CCCCCCCCCCCCCCCCCCCCCC(=O)OCC(=O)c1ccc(-c2ccccc2)cc1. The Morgan fingerprint density at radius 1 is 0.513 bits per heavy atom. The lowest BCUT2D eigenvalue weighted by molar-refractivity contribution is -0.142. The molecule has 0 fully saturated rings. The first kappa shape index (κ1) is 32.8. The molecule has 0 radical (unpaired) electrons. The molecule has 0 amide bonds. The van der Waals surface area contributed by atoms with Gasteiger partial charge in [-0.15, -0.1) is 0 Å². The molecule has 2 aromatic carbocycles. The zero-order valence-corrected chi connectivity index (χ0v) is 24.8. The Balaban J connectivity index is 1.35. The first-order chi connectivity index (χ1) is 19.2. The van der Waals surface area contributed by atoms with Crippen molar-refractivity contribution in [1.82, 2.24) is 0 Å². The molecular weight excluding hydrogens is 480 g/mol. The largest absolute Gasteiger partial charge is 0.457 e. The number of hydrogen-bond acceptors (Lipinski definition) is 3. The van der Waals surface area contributed by atoms with Crippen LogP contribution in [0.15, 0.2) is 54.6 Å². The van der Waals surface area contributed by atoms with E-state index in [0.717, 1.165) is 24.0 Å². The molecule has 39 heavy (non-hydrogen) atoms. The van der Waals surface area contributed by atoms with Crippen LogP contribution in [0.5, 0.6) is 0 Å². The molecule has 0 atom stereocenters. The van der Waals surface area contributed by atoms with Gasteiger partial charge in [-0.05, 0) is 17.5 Å². The molecule has 2 rings (SSSR count). The smallest absolute Gasteiger partial charge is 0.306 e. The minimum absolute atomic E-state index is 0.156. The first-order valence-electron chi connectivity index (χ1n) is 16.0. The summed E-state index contributed by atoms with van der Waals surface area (Å²) in [5.41, 5.74) is 2.75. The lowest BCUT2D eigenvalue weighted by Crippen LogP contribution is -2.13. The van der Waals surface area contributed by atoms with E-state index in [9.17, 15) is 9.59 Å². The molecule has 0 aliphatic heterocycles. The van der Waals surface area contributed by atoms with Gasteiger partial charge in [0.2, 0.25) is 0 Å². The van der Waals surface area contributed by atoms with Gasteiger partial charge in [-0.2, -0.15) is 0 Å². The second-order valence-electron chi connectivity index (χ2n) is 11.1. The molecule has 0 heterocycles. The van der Waals surface area contributed by atoms with Crippen molar-refractivity contribution in [1.29, 1.82) is 0 Å². The van der Waals surface area contributed by atoms with Gasteiger partial charge in [-0.25, -0.2) is 0 Å². The van der Waals surface area contributed by atoms with E-state index in [2.05, 4.69) is 6.92 Å². The van der Waals surface area contributed by atoms with Gasteiger partial charge in [-0.1, -0.05) is 177 Å². The highest BCUT2D eigenvalue weighted by Crippen LogP contribution is 2.20. The lowest BCUT2D eigenvalue weighted by atomic mass is 10.0. The summed E-state index contributed by atoms with van der Waals surface area (Å²) in [6.45, 7) is 2.10. The fourth-order valence-electron chi connectivity index (χ4n) is 5.13. The third kappa shape index (κ3) is 16.3. The fourth-order valence-corrected chi connectivity index (χ4v) is 5.13. The molecule has 0 aliphatic rings. The monoisotopic (exact) mass is 534 g/mol. The molecule has 0 aliphatic carbocycles. The lowest BCUT2D eigenvalue weighted by Gasteiger charge is -2.06. The molecule has 2 aromatic rings. The average molecular weight is 535 g/mol. The summed E-state index contributed by atoms with van der Waals surface area (Å²) in [7, 11) is 0. The standard InChI is InChI=1S/C36H54O3/c1-2-3-4-5-6-7-8-9-10-11-12-13-14-15-16-17-18-19-23-26-36(38)39-31-35(37)34-29-27-33(28-30-34)32-24-21-20-22-25-32/h20-22,24-25,27-30H,2-19,23,26,31H2,1H3. The molecule has 3 nitrogen and oxygen atoms in total. The second kappa shape index (κ2) is 22.4. The summed E-state index contributed by atoms with van der Waals surface area (Å²) in [5.74, 6) is -0.424. The second-order valence-corrected chi connectivity index (χ2v) is 11.1. The van der Waals surface area contributed by atoms with Crippen molar-refractivity contribution in [2.45, 2.75) is 135 Å². The Kier molecular flexibility index (Phi) is 18.8. The number of hydrogen-bond donors (Lipinski definition) is 0. The van der Waals surface area contributed by atoms with E-state index in [0.29, 0.717) is 12.0 Å². The van der Waals surface area contributed by atoms with Gasteiger partial charge in [0, 0.05) is 12.0 Å². The third-order valence-corrected chi connectivity index (χ3v) is 7.66. The predicted molar refractivity (Wildman–Crippen MR) is 165 cm³/mol. The maximum absolute atomic E-state index is 12.4. The van der Waals surface area contributed by atoms with Crippen LogP contribution >= 0.6 is 0 Å². The highest BCUT2D eigenvalue weighted by Gasteiger charge is 2.10. The summed E-state index contributed by atoms with van der Waals surface area (Å²) in [6.07, 6.45) is 25.8. The molecular formula is C36H54O3. The van der Waals surface area contributed by atoms with Crippen molar-refractivity contribution in [2.75, 3.05) is 6.61 Å². The molecule has 216 valence electrons.